The van der Waals surface area contributed by atoms with Gasteiger partial charge in [-0.3, -0.25) is 4.79 Å². The minimum Gasteiger partial charge on any atom is -0.382 e. The average molecular weight is 726 g/mol. The number of ether oxygens (including phenoxy) is 8. The van der Waals surface area contributed by atoms with Gasteiger partial charge in [-0.15, -0.1) is 0 Å². The Bertz CT molecular complexity index is 1610. The van der Waals surface area contributed by atoms with Crippen LogP contribution in [0.15, 0.2) is 89.7 Å². The van der Waals surface area contributed by atoms with E-state index in [2.05, 4.69) is 0 Å². The third kappa shape index (κ3) is 13.1. The highest BCUT2D eigenvalue weighted by molar-refractivity contribution is 7.85. The van der Waals surface area contributed by atoms with Crippen molar-refractivity contribution >= 4 is 34.0 Å². The summed E-state index contributed by atoms with van der Waals surface area (Å²) >= 11 is 0. The maximum absolute atomic E-state index is 15.1. The third-order valence-electron chi connectivity index (χ3n) is 7.93. The van der Waals surface area contributed by atoms with Gasteiger partial charge in [0.1, 0.15) is 0 Å². The fraction of sp³-hybridized carbons (Fsp3) is 0.462. The molecule has 1 heterocycles. The number of rotatable bonds is 27. The highest BCUT2D eigenvalue weighted by Crippen LogP contribution is 2.41. The second kappa shape index (κ2) is 23.4. The molecule has 0 amide bonds. The van der Waals surface area contributed by atoms with Gasteiger partial charge in [0.05, 0.1) is 110 Å². The van der Waals surface area contributed by atoms with E-state index < -0.39 is 7.14 Å². The summed E-state index contributed by atoms with van der Waals surface area (Å²) in [5, 5.41) is 2.39. The lowest BCUT2D eigenvalue weighted by Crippen LogP contribution is -2.40. The smallest absolute Gasteiger partial charge is 0.262 e. The van der Waals surface area contributed by atoms with Crippen molar-refractivity contribution in [3.8, 4) is 0 Å². The van der Waals surface area contributed by atoms with Crippen molar-refractivity contribution in [2.45, 2.75) is 13.5 Å². The van der Waals surface area contributed by atoms with Gasteiger partial charge in [-0.25, -0.2) is 0 Å². The Morgan fingerprint density at radius 2 is 0.941 bits per heavy atom. The van der Waals surface area contributed by atoms with Gasteiger partial charge in [0, 0.05) is 24.3 Å². The predicted molar refractivity (Wildman–Crippen MR) is 200 cm³/mol. The Balaban J connectivity index is 1.14. The van der Waals surface area contributed by atoms with E-state index in [1.54, 1.807) is 11.7 Å². The maximum atomic E-state index is 15.1. The Kier molecular flexibility index (Phi) is 18.6. The number of nitrogens with zero attached hydrogens (tertiary/aromatic N) is 1. The highest BCUT2D eigenvalue weighted by Gasteiger charge is 2.33. The first-order chi connectivity index (χ1) is 25.1. The molecule has 1 aromatic heterocycles. The van der Waals surface area contributed by atoms with E-state index in [0.29, 0.717) is 116 Å². The summed E-state index contributed by atoms with van der Waals surface area (Å²) in [6, 6.07) is 26.3. The summed E-state index contributed by atoms with van der Waals surface area (Å²) in [6.07, 6.45) is 0. The summed E-state index contributed by atoms with van der Waals surface area (Å²) in [4.78, 5) is 14.2. The summed E-state index contributed by atoms with van der Waals surface area (Å²) in [7, 11) is -1.83. The van der Waals surface area contributed by atoms with Crippen molar-refractivity contribution in [3.05, 3.63) is 101 Å². The van der Waals surface area contributed by atoms with E-state index in [-0.39, 0.29) is 10.9 Å². The normalized spacial score (nSPS) is 11.8. The minimum atomic E-state index is -3.47. The van der Waals surface area contributed by atoms with Crippen LogP contribution in [0.1, 0.15) is 5.56 Å². The summed E-state index contributed by atoms with van der Waals surface area (Å²) in [5.74, 6) is 0. The number of fused-ring (bicyclic) bond motifs is 1. The van der Waals surface area contributed by atoms with Crippen LogP contribution in [0.3, 0.4) is 0 Å². The number of pyridine rings is 1. The first-order valence-electron chi connectivity index (χ1n) is 17.4. The Morgan fingerprint density at radius 3 is 1.37 bits per heavy atom. The Hall–Kier alpha value is -3.22. The lowest BCUT2D eigenvalue weighted by atomic mass is 10.1. The molecule has 51 heavy (non-hydrogen) atoms. The molecule has 3 aromatic carbocycles. The third-order valence-corrected chi connectivity index (χ3v) is 11.0. The monoisotopic (exact) mass is 725 g/mol. The predicted octanol–water partition coefficient (Wildman–Crippen LogP) is 3.71. The molecule has 11 nitrogen and oxygen atoms in total. The van der Waals surface area contributed by atoms with Gasteiger partial charge in [0.2, 0.25) is 0 Å². The van der Waals surface area contributed by atoms with Crippen molar-refractivity contribution in [1.82, 2.24) is 4.57 Å². The number of hydrogen-bond acceptors (Lipinski definition) is 10. The van der Waals surface area contributed by atoms with E-state index in [9.17, 15) is 4.79 Å². The van der Waals surface area contributed by atoms with E-state index in [0.717, 1.165) is 16.5 Å². The van der Waals surface area contributed by atoms with Crippen LogP contribution in [0, 0.1) is 6.92 Å². The van der Waals surface area contributed by atoms with Gasteiger partial charge >= 0.3 is 0 Å². The molecule has 0 saturated carbocycles. The van der Waals surface area contributed by atoms with Crippen molar-refractivity contribution in [2.24, 2.45) is 0 Å². The van der Waals surface area contributed by atoms with E-state index >= 15 is 4.57 Å². The summed E-state index contributed by atoms with van der Waals surface area (Å²) in [5.41, 5.74) is 1.55. The SMILES string of the molecule is COCCOCCOCCOCCOCCOCCOCCOCCn1c(=O)c(P(=O)(c2ccccc2)c2ccccc2)cc2cc(C)ccc21. The molecule has 0 bridgehead atoms. The lowest BCUT2D eigenvalue weighted by molar-refractivity contribution is -0.0222. The molecule has 0 aliphatic rings. The van der Waals surface area contributed by atoms with Crippen LogP contribution in [0.2, 0.25) is 0 Å². The van der Waals surface area contributed by atoms with Gasteiger partial charge in [-0.05, 0) is 30.5 Å². The standard InChI is InChI=1S/C39H52NO10P/c1-33-13-14-37-34(31-33)32-38(51(42,35-9-5-3-6-10-35)36-11-7-4-8-12-36)39(41)40(37)15-16-44-19-20-46-23-24-48-27-28-50-30-29-49-26-25-47-22-21-45-18-17-43-2/h3-14,31-32H,15-30H2,1-2H3. The molecular formula is C39H52NO10P. The number of aryl methyl sites for hydroxylation is 1. The molecule has 4 rings (SSSR count). The molecule has 12 heteroatoms. The van der Waals surface area contributed by atoms with E-state index in [1.807, 2.05) is 91.9 Å². The van der Waals surface area contributed by atoms with Crippen LogP contribution < -0.4 is 21.5 Å². The number of benzene rings is 3. The van der Waals surface area contributed by atoms with E-state index in [4.69, 9.17) is 37.9 Å². The Morgan fingerprint density at radius 1 is 0.529 bits per heavy atom. The Labute approximate surface area is 301 Å². The van der Waals surface area contributed by atoms with Crippen LogP contribution in [0.5, 0.6) is 0 Å². The summed E-state index contributed by atoms with van der Waals surface area (Å²) in [6.45, 7) is 9.43. The first kappa shape index (κ1) is 40.5. The number of methoxy groups -OCH3 is 1. The van der Waals surface area contributed by atoms with Crippen molar-refractivity contribution < 1.29 is 42.5 Å². The second-order valence-corrected chi connectivity index (χ2v) is 14.3. The van der Waals surface area contributed by atoms with Crippen LogP contribution in [-0.4, -0.2) is 111 Å². The van der Waals surface area contributed by atoms with Crippen molar-refractivity contribution in [3.63, 3.8) is 0 Å². The zero-order valence-electron chi connectivity index (χ0n) is 29.9. The zero-order chi connectivity index (χ0) is 36.0. The molecule has 0 aliphatic heterocycles. The van der Waals surface area contributed by atoms with Crippen LogP contribution >= 0.6 is 7.14 Å². The molecule has 0 aliphatic carbocycles. The molecule has 278 valence electrons. The minimum absolute atomic E-state index is 0.281. The number of aromatic nitrogens is 1. The van der Waals surface area contributed by atoms with Crippen LogP contribution in [-0.2, 0) is 49.0 Å². The average Bonchev–Trinajstić information content (AvgIpc) is 3.16. The summed E-state index contributed by atoms with van der Waals surface area (Å²) < 4.78 is 60.5. The number of hydrogen-bond donors (Lipinski definition) is 0. The zero-order valence-corrected chi connectivity index (χ0v) is 30.8. The molecule has 0 N–H and O–H groups in total. The van der Waals surface area contributed by atoms with Gasteiger partial charge in [0.25, 0.3) is 5.56 Å². The first-order valence-corrected chi connectivity index (χ1v) is 19.2. The molecule has 4 aromatic rings. The fourth-order valence-corrected chi connectivity index (χ4v) is 8.11. The molecule has 0 atom stereocenters. The molecule has 0 radical (unpaired) electrons. The quantitative estimate of drug-likeness (QED) is 0.0667. The van der Waals surface area contributed by atoms with Crippen LogP contribution in [0.4, 0.5) is 0 Å². The van der Waals surface area contributed by atoms with Crippen molar-refractivity contribution in [2.75, 3.05) is 106 Å². The molecule has 0 unspecified atom stereocenters. The van der Waals surface area contributed by atoms with Crippen LogP contribution in [0.25, 0.3) is 10.9 Å². The van der Waals surface area contributed by atoms with Gasteiger partial charge in [-0.2, -0.15) is 0 Å². The maximum Gasteiger partial charge on any atom is 0.262 e. The molecule has 0 spiro atoms. The molecular weight excluding hydrogens is 673 g/mol. The largest absolute Gasteiger partial charge is 0.382 e. The van der Waals surface area contributed by atoms with E-state index in [1.165, 1.54) is 0 Å². The topological polar surface area (TPSA) is 113 Å². The van der Waals surface area contributed by atoms with Crippen molar-refractivity contribution in [1.29, 1.82) is 0 Å². The van der Waals surface area contributed by atoms with Gasteiger partial charge < -0.3 is 47.0 Å². The lowest BCUT2D eigenvalue weighted by Gasteiger charge is -2.22. The fourth-order valence-electron chi connectivity index (χ4n) is 5.36. The second-order valence-electron chi connectivity index (χ2n) is 11.6. The molecule has 0 saturated heterocycles. The highest BCUT2D eigenvalue weighted by atomic mass is 31.2. The molecule has 0 fully saturated rings. The van der Waals surface area contributed by atoms with Gasteiger partial charge in [-0.1, -0.05) is 72.3 Å². The van der Waals surface area contributed by atoms with Gasteiger partial charge in [0.15, 0.2) is 7.14 Å².